The number of hydrogen-bond acceptors (Lipinski definition) is 3. The molecule has 0 aliphatic carbocycles. The SMILES string of the molecule is C/N=C(/C/C=N/O)N(C)C. The molecule has 0 aromatic heterocycles. The summed E-state index contributed by atoms with van der Waals surface area (Å²) in [6, 6.07) is 0. The Morgan fingerprint density at radius 1 is 1.60 bits per heavy atom. The van der Waals surface area contributed by atoms with Crippen molar-refractivity contribution in [3.8, 4) is 0 Å². The lowest BCUT2D eigenvalue weighted by Crippen LogP contribution is -2.21. The molecule has 0 unspecified atom stereocenters. The van der Waals surface area contributed by atoms with Crippen LogP contribution in [0.25, 0.3) is 0 Å². The third kappa shape index (κ3) is 3.06. The molecule has 4 heteroatoms. The predicted molar refractivity (Wildman–Crippen MR) is 41.9 cm³/mol. The summed E-state index contributed by atoms with van der Waals surface area (Å²) in [7, 11) is 5.50. The highest BCUT2D eigenvalue weighted by molar-refractivity contribution is 5.93. The van der Waals surface area contributed by atoms with Crippen LogP contribution in [0.4, 0.5) is 0 Å². The summed E-state index contributed by atoms with van der Waals surface area (Å²) in [6.45, 7) is 0. The Morgan fingerprint density at radius 3 is 2.50 bits per heavy atom. The van der Waals surface area contributed by atoms with Crippen LogP contribution in [0.1, 0.15) is 6.42 Å². The van der Waals surface area contributed by atoms with Crippen molar-refractivity contribution in [2.75, 3.05) is 21.1 Å². The zero-order valence-corrected chi connectivity index (χ0v) is 6.57. The molecule has 0 atom stereocenters. The van der Waals surface area contributed by atoms with Crippen molar-refractivity contribution in [1.82, 2.24) is 4.90 Å². The maximum absolute atomic E-state index is 8.09. The van der Waals surface area contributed by atoms with E-state index in [1.807, 2.05) is 19.0 Å². The van der Waals surface area contributed by atoms with Crippen LogP contribution in [-0.2, 0) is 0 Å². The largest absolute Gasteiger partial charge is 0.411 e. The van der Waals surface area contributed by atoms with Gasteiger partial charge in [-0.1, -0.05) is 0 Å². The Bertz CT molecular complexity index is 140. The molecule has 0 aliphatic rings. The highest BCUT2D eigenvalue weighted by Gasteiger charge is 1.96. The number of rotatable bonds is 2. The van der Waals surface area contributed by atoms with E-state index in [4.69, 9.17) is 5.21 Å². The van der Waals surface area contributed by atoms with Gasteiger partial charge in [-0.2, -0.15) is 0 Å². The molecule has 0 radical (unpaired) electrons. The van der Waals surface area contributed by atoms with Gasteiger partial charge in [-0.3, -0.25) is 4.99 Å². The number of hydrogen-bond donors (Lipinski definition) is 1. The van der Waals surface area contributed by atoms with Crippen LogP contribution in [0, 0.1) is 0 Å². The summed E-state index contributed by atoms with van der Waals surface area (Å²) >= 11 is 0. The van der Waals surface area contributed by atoms with E-state index in [9.17, 15) is 0 Å². The molecule has 0 saturated heterocycles. The van der Waals surface area contributed by atoms with E-state index < -0.39 is 0 Å². The Kier molecular flexibility index (Phi) is 4.28. The number of amidine groups is 1. The van der Waals surface area contributed by atoms with Gasteiger partial charge in [0, 0.05) is 27.6 Å². The molecule has 0 bridgehead atoms. The van der Waals surface area contributed by atoms with E-state index in [0.29, 0.717) is 6.42 Å². The van der Waals surface area contributed by atoms with Crippen molar-refractivity contribution in [2.24, 2.45) is 10.1 Å². The highest BCUT2D eigenvalue weighted by atomic mass is 16.4. The molecule has 0 aromatic rings. The molecule has 0 spiro atoms. The van der Waals surface area contributed by atoms with Crippen molar-refractivity contribution in [3.05, 3.63) is 0 Å². The first-order valence-corrected chi connectivity index (χ1v) is 3.01. The molecule has 0 aliphatic heterocycles. The van der Waals surface area contributed by atoms with Gasteiger partial charge in [0.1, 0.15) is 5.84 Å². The van der Waals surface area contributed by atoms with Crippen LogP contribution < -0.4 is 0 Å². The summed E-state index contributed by atoms with van der Waals surface area (Å²) in [4.78, 5) is 5.84. The van der Waals surface area contributed by atoms with Gasteiger partial charge < -0.3 is 10.1 Å². The third-order valence-electron chi connectivity index (χ3n) is 1.13. The summed E-state index contributed by atoms with van der Waals surface area (Å²) in [6.07, 6.45) is 1.97. The van der Waals surface area contributed by atoms with E-state index in [1.54, 1.807) is 7.05 Å². The highest BCUT2D eigenvalue weighted by Crippen LogP contribution is 1.86. The fourth-order valence-corrected chi connectivity index (χ4v) is 0.596. The zero-order chi connectivity index (χ0) is 7.98. The fraction of sp³-hybridized carbons (Fsp3) is 0.667. The average Bonchev–Trinajstić information content (AvgIpc) is 1.89. The van der Waals surface area contributed by atoms with Crippen molar-refractivity contribution in [2.45, 2.75) is 6.42 Å². The van der Waals surface area contributed by atoms with Crippen LogP contribution in [0.3, 0.4) is 0 Å². The first-order valence-electron chi connectivity index (χ1n) is 3.01. The lowest BCUT2D eigenvalue weighted by molar-refractivity contribution is 0.321. The second-order valence-corrected chi connectivity index (χ2v) is 2.04. The Morgan fingerprint density at radius 2 is 2.20 bits per heavy atom. The lowest BCUT2D eigenvalue weighted by atomic mass is 10.4. The van der Waals surface area contributed by atoms with Gasteiger partial charge in [0.05, 0.1) is 6.21 Å². The van der Waals surface area contributed by atoms with E-state index in [2.05, 4.69) is 10.1 Å². The normalized spacial score (nSPS) is 12.5. The number of aliphatic imine (C=N–C) groups is 1. The van der Waals surface area contributed by atoms with E-state index in [0.717, 1.165) is 5.84 Å². The fourth-order valence-electron chi connectivity index (χ4n) is 0.596. The van der Waals surface area contributed by atoms with Crippen LogP contribution in [0.2, 0.25) is 0 Å². The maximum atomic E-state index is 8.09. The topological polar surface area (TPSA) is 48.2 Å². The molecule has 1 N–H and O–H groups in total. The molecule has 58 valence electrons. The summed E-state index contributed by atoms with van der Waals surface area (Å²) < 4.78 is 0. The molecule has 0 rings (SSSR count). The van der Waals surface area contributed by atoms with Gasteiger partial charge in [0.25, 0.3) is 0 Å². The molecule has 10 heavy (non-hydrogen) atoms. The van der Waals surface area contributed by atoms with E-state index in [-0.39, 0.29) is 0 Å². The predicted octanol–water partition coefficient (Wildman–Crippen LogP) is 0.426. The van der Waals surface area contributed by atoms with Crippen molar-refractivity contribution < 1.29 is 5.21 Å². The van der Waals surface area contributed by atoms with Gasteiger partial charge in [-0.15, -0.1) is 5.16 Å². The smallest absolute Gasteiger partial charge is 0.104 e. The summed E-state index contributed by atoms with van der Waals surface area (Å²) in [5.41, 5.74) is 0. The minimum Gasteiger partial charge on any atom is -0.411 e. The lowest BCUT2D eigenvalue weighted by Gasteiger charge is -2.12. The minimum absolute atomic E-state index is 0.569. The molecule has 0 saturated carbocycles. The third-order valence-corrected chi connectivity index (χ3v) is 1.13. The quantitative estimate of drug-likeness (QED) is 0.264. The minimum atomic E-state index is 0.569. The van der Waals surface area contributed by atoms with Crippen LogP contribution in [-0.4, -0.2) is 43.3 Å². The Labute approximate surface area is 60.9 Å². The van der Waals surface area contributed by atoms with Crippen LogP contribution in [0.5, 0.6) is 0 Å². The van der Waals surface area contributed by atoms with Gasteiger partial charge in [0.2, 0.25) is 0 Å². The maximum Gasteiger partial charge on any atom is 0.104 e. The van der Waals surface area contributed by atoms with Crippen molar-refractivity contribution >= 4 is 12.1 Å². The molecular formula is C6H13N3O. The van der Waals surface area contributed by atoms with Crippen molar-refractivity contribution in [1.29, 1.82) is 0 Å². The van der Waals surface area contributed by atoms with Gasteiger partial charge in [0.15, 0.2) is 0 Å². The molecular weight excluding hydrogens is 130 g/mol. The van der Waals surface area contributed by atoms with Crippen LogP contribution in [0.15, 0.2) is 10.1 Å². The molecule has 4 nitrogen and oxygen atoms in total. The monoisotopic (exact) mass is 143 g/mol. The van der Waals surface area contributed by atoms with E-state index in [1.165, 1.54) is 6.21 Å². The Balaban J connectivity index is 3.86. The summed E-state index contributed by atoms with van der Waals surface area (Å²) in [5, 5.41) is 11.0. The zero-order valence-electron chi connectivity index (χ0n) is 6.57. The Hall–Kier alpha value is -1.06. The second kappa shape index (κ2) is 4.78. The number of oxime groups is 1. The summed E-state index contributed by atoms with van der Waals surface area (Å²) in [5.74, 6) is 0.887. The molecule has 0 aromatic carbocycles. The molecule has 0 heterocycles. The number of nitrogens with zero attached hydrogens (tertiary/aromatic N) is 3. The van der Waals surface area contributed by atoms with Gasteiger partial charge in [-0.25, -0.2) is 0 Å². The molecule has 0 amide bonds. The average molecular weight is 143 g/mol. The standard InChI is InChI=1S/C6H13N3O/c1-7-6(9(2)3)4-5-8-10/h5,10H,4H2,1-3H3/b7-6-,8-5+. The van der Waals surface area contributed by atoms with E-state index >= 15 is 0 Å². The first-order chi connectivity index (χ1) is 4.72. The first kappa shape index (κ1) is 8.94. The van der Waals surface area contributed by atoms with Gasteiger partial charge in [-0.05, 0) is 0 Å². The van der Waals surface area contributed by atoms with Crippen molar-refractivity contribution in [3.63, 3.8) is 0 Å². The molecule has 0 fully saturated rings. The second-order valence-electron chi connectivity index (χ2n) is 2.04. The van der Waals surface area contributed by atoms with Gasteiger partial charge >= 0.3 is 0 Å². The van der Waals surface area contributed by atoms with Crippen LogP contribution >= 0.6 is 0 Å².